The van der Waals surface area contributed by atoms with Crippen LogP contribution in [0.5, 0.6) is 0 Å². The van der Waals surface area contributed by atoms with Crippen LogP contribution in [-0.4, -0.2) is 51.5 Å². The monoisotopic (exact) mass is 624 g/mol. The first kappa shape index (κ1) is 32.4. The number of nitrogens with zero attached hydrogens (tertiary/aromatic N) is 4. The fraction of sp³-hybridized carbons (Fsp3) is 0.278. The first-order chi connectivity index (χ1) is 22.2. The summed E-state index contributed by atoms with van der Waals surface area (Å²) in [6, 6.07) is 21.0. The molecule has 2 aromatic heterocycles. The van der Waals surface area contributed by atoms with Crippen molar-refractivity contribution >= 4 is 22.9 Å². The number of anilines is 1. The summed E-state index contributed by atoms with van der Waals surface area (Å²) in [6.45, 7) is 11.3. The Balaban J connectivity index is 1.62. The topological polar surface area (TPSA) is 92.2 Å². The number of pyridine rings is 1. The average molecular weight is 625 g/mol. The Morgan fingerprint density at radius 2 is 1.65 bits per heavy atom. The van der Waals surface area contributed by atoms with Crippen LogP contribution in [-0.2, 0) is 0 Å². The predicted octanol–water partition coefficient (Wildman–Crippen LogP) is 6.67. The third-order valence-corrected chi connectivity index (χ3v) is 8.14. The number of aryl methyl sites for hydroxylation is 1. The number of halogens is 2. The Hall–Kier alpha value is -4.96. The van der Waals surface area contributed by atoms with Crippen LogP contribution in [0.15, 0.2) is 83.7 Å². The molecule has 0 aliphatic heterocycles. The van der Waals surface area contributed by atoms with Gasteiger partial charge in [-0.05, 0) is 81.4 Å². The Morgan fingerprint density at radius 1 is 0.935 bits per heavy atom. The zero-order valence-corrected chi connectivity index (χ0v) is 26.5. The Kier molecular flexibility index (Phi) is 10.2. The molecule has 0 radical (unpaired) electrons. The van der Waals surface area contributed by atoms with Crippen LogP contribution < -0.4 is 16.2 Å². The summed E-state index contributed by atoms with van der Waals surface area (Å²) < 4.78 is 31.1. The number of fused-ring (bicyclic) bond motifs is 1. The first-order valence-electron chi connectivity index (χ1n) is 15.5. The van der Waals surface area contributed by atoms with Gasteiger partial charge in [0.2, 0.25) is 5.95 Å². The molecule has 8 nitrogen and oxygen atoms in total. The maximum atomic E-state index is 15.1. The molecule has 238 valence electrons. The van der Waals surface area contributed by atoms with Crippen LogP contribution in [0.1, 0.15) is 54.7 Å². The highest BCUT2D eigenvalue weighted by atomic mass is 19.1. The molecule has 3 aromatic carbocycles. The molecule has 46 heavy (non-hydrogen) atoms. The minimum absolute atomic E-state index is 0.0414. The fourth-order valence-corrected chi connectivity index (χ4v) is 5.48. The Bertz CT molecular complexity index is 1890. The molecule has 5 aromatic rings. The van der Waals surface area contributed by atoms with Gasteiger partial charge in [0.15, 0.2) is 5.65 Å². The van der Waals surface area contributed by atoms with E-state index in [0.29, 0.717) is 28.8 Å². The van der Waals surface area contributed by atoms with Gasteiger partial charge in [-0.2, -0.15) is 4.98 Å². The minimum Gasteiger partial charge on any atom is -0.354 e. The second kappa shape index (κ2) is 14.4. The van der Waals surface area contributed by atoms with Gasteiger partial charge in [-0.1, -0.05) is 56.3 Å². The van der Waals surface area contributed by atoms with Crippen LogP contribution in [0.2, 0.25) is 0 Å². The molecule has 5 rings (SSSR count). The highest BCUT2D eigenvalue weighted by Gasteiger charge is 2.21. The van der Waals surface area contributed by atoms with Crippen LogP contribution in [0.3, 0.4) is 0 Å². The Morgan fingerprint density at radius 3 is 2.35 bits per heavy atom. The van der Waals surface area contributed by atoms with E-state index in [2.05, 4.69) is 34.4 Å². The van der Waals surface area contributed by atoms with Gasteiger partial charge in [-0.25, -0.2) is 13.8 Å². The number of amides is 1. The van der Waals surface area contributed by atoms with E-state index in [1.807, 2.05) is 50.2 Å². The van der Waals surface area contributed by atoms with Crippen molar-refractivity contribution < 1.29 is 13.6 Å². The van der Waals surface area contributed by atoms with Gasteiger partial charge in [0, 0.05) is 29.1 Å². The van der Waals surface area contributed by atoms with E-state index in [0.717, 1.165) is 53.9 Å². The summed E-state index contributed by atoms with van der Waals surface area (Å²) in [7, 11) is 0. The summed E-state index contributed by atoms with van der Waals surface area (Å²) >= 11 is 0. The second-order valence-corrected chi connectivity index (χ2v) is 11.2. The smallest absolute Gasteiger partial charge is 0.256 e. The van der Waals surface area contributed by atoms with Gasteiger partial charge in [0.25, 0.3) is 11.5 Å². The predicted molar refractivity (Wildman–Crippen MR) is 178 cm³/mol. The van der Waals surface area contributed by atoms with Gasteiger partial charge in [0.05, 0.1) is 11.7 Å². The van der Waals surface area contributed by atoms with Gasteiger partial charge in [0.1, 0.15) is 17.3 Å². The molecule has 10 heteroatoms. The fourth-order valence-electron chi connectivity index (χ4n) is 5.48. The highest BCUT2D eigenvalue weighted by molar-refractivity contribution is 5.98. The van der Waals surface area contributed by atoms with Crippen molar-refractivity contribution in [3.63, 3.8) is 0 Å². The summed E-state index contributed by atoms with van der Waals surface area (Å²) in [5.74, 6) is -1.86. The molecule has 0 saturated heterocycles. The van der Waals surface area contributed by atoms with E-state index in [1.54, 1.807) is 18.2 Å². The molecule has 0 saturated carbocycles. The molecule has 0 aliphatic carbocycles. The standard InChI is InChI=1S/C36H38F2N6O2/c1-5-43(6-2)21-11-20-39-36-41-32(27-18-19-31(45)44(34(27)42-36)33-29(37)14-10-15-30(33)38)28-22-26(17-16-23(28)3)35(46)40-24(4)25-12-8-7-9-13-25/h7-10,12-19,22,24H,5-6,11,20-21H2,1-4H3,(H,40,46)(H,39,41,42). The molecule has 0 aliphatic rings. The van der Waals surface area contributed by atoms with Gasteiger partial charge in [-0.15, -0.1) is 0 Å². The number of carbonyl (C=O) groups is 1. The summed E-state index contributed by atoms with van der Waals surface area (Å²) in [5, 5.41) is 6.69. The van der Waals surface area contributed by atoms with Crippen LogP contribution in [0.4, 0.5) is 14.7 Å². The molecule has 0 bridgehead atoms. The molecular weight excluding hydrogens is 586 g/mol. The lowest BCUT2D eigenvalue weighted by molar-refractivity contribution is 0.0940. The third-order valence-electron chi connectivity index (χ3n) is 8.14. The van der Waals surface area contributed by atoms with E-state index in [4.69, 9.17) is 4.98 Å². The second-order valence-electron chi connectivity index (χ2n) is 11.2. The van der Waals surface area contributed by atoms with Crippen LogP contribution >= 0.6 is 0 Å². The number of rotatable bonds is 12. The maximum absolute atomic E-state index is 15.1. The van der Waals surface area contributed by atoms with Crippen LogP contribution in [0.25, 0.3) is 28.0 Å². The number of hydrogen-bond acceptors (Lipinski definition) is 6. The van der Waals surface area contributed by atoms with Gasteiger partial charge >= 0.3 is 0 Å². The first-order valence-corrected chi connectivity index (χ1v) is 15.5. The van der Waals surface area contributed by atoms with Crippen molar-refractivity contribution in [1.29, 1.82) is 0 Å². The van der Waals surface area contributed by atoms with E-state index < -0.39 is 22.9 Å². The third kappa shape index (κ3) is 6.97. The summed E-state index contributed by atoms with van der Waals surface area (Å²) in [4.78, 5) is 38.4. The van der Waals surface area contributed by atoms with Gasteiger partial charge in [-0.3, -0.25) is 14.2 Å². The largest absolute Gasteiger partial charge is 0.354 e. The number of nitrogens with one attached hydrogen (secondary N) is 2. The molecule has 1 atom stereocenters. The average Bonchev–Trinajstić information content (AvgIpc) is 3.06. The van der Waals surface area contributed by atoms with Crippen molar-refractivity contribution in [3.8, 4) is 16.9 Å². The quantitative estimate of drug-likeness (QED) is 0.151. The van der Waals surface area contributed by atoms with E-state index in [1.165, 1.54) is 12.1 Å². The number of para-hydroxylation sites is 1. The zero-order valence-electron chi connectivity index (χ0n) is 26.5. The summed E-state index contributed by atoms with van der Waals surface area (Å²) in [6.07, 6.45) is 0.802. The molecular formula is C36H38F2N6O2. The van der Waals surface area contributed by atoms with E-state index in [-0.39, 0.29) is 23.5 Å². The SMILES string of the molecule is CCN(CC)CCCNc1nc(-c2cc(C(=O)NC(C)c3ccccc3)ccc2C)c2ccc(=O)n(-c3c(F)cccc3F)c2n1. The zero-order chi connectivity index (χ0) is 32.8. The van der Waals surface area contributed by atoms with E-state index >= 15 is 8.78 Å². The van der Waals surface area contributed by atoms with Gasteiger partial charge < -0.3 is 15.5 Å². The summed E-state index contributed by atoms with van der Waals surface area (Å²) in [5.41, 5.74) is 2.12. The number of aromatic nitrogens is 3. The van der Waals surface area contributed by atoms with Crippen molar-refractivity contribution in [2.24, 2.45) is 0 Å². The molecule has 2 heterocycles. The number of benzene rings is 3. The van der Waals surface area contributed by atoms with Crippen molar-refractivity contribution in [1.82, 2.24) is 24.8 Å². The number of hydrogen-bond donors (Lipinski definition) is 2. The molecule has 0 fully saturated rings. The van der Waals surface area contributed by atoms with Crippen molar-refractivity contribution in [2.75, 3.05) is 31.5 Å². The highest BCUT2D eigenvalue weighted by Crippen LogP contribution is 2.32. The van der Waals surface area contributed by atoms with E-state index in [9.17, 15) is 9.59 Å². The maximum Gasteiger partial charge on any atom is 0.256 e. The normalized spacial score (nSPS) is 12.0. The Labute approximate surface area is 267 Å². The lowest BCUT2D eigenvalue weighted by Gasteiger charge is -2.19. The number of carbonyl (C=O) groups excluding carboxylic acids is 1. The molecule has 1 amide bonds. The van der Waals surface area contributed by atoms with Crippen molar-refractivity contribution in [2.45, 2.75) is 40.2 Å². The minimum atomic E-state index is -0.897. The van der Waals surface area contributed by atoms with Crippen LogP contribution in [0, 0.1) is 18.6 Å². The molecule has 0 spiro atoms. The molecule has 2 N–H and O–H groups in total. The lowest BCUT2D eigenvalue weighted by Crippen LogP contribution is -2.26. The molecule has 1 unspecified atom stereocenters. The lowest BCUT2D eigenvalue weighted by atomic mass is 9.99. The van der Waals surface area contributed by atoms with Crippen molar-refractivity contribution in [3.05, 3.63) is 118 Å².